The van der Waals surface area contributed by atoms with Crippen molar-refractivity contribution in [3.8, 4) is 11.5 Å². The molecule has 0 atom stereocenters. The first-order valence-corrected chi connectivity index (χ1v) is 7.37. The van der Waals surface area contributed by atoms with Gasteiger partial charge in [-0.1, -0.05) is 12.1 Å². The Morgan fingerprint density at radius 3 is 2.84 bits per heavy atom. The summed E-state index contributed by atoms with van der Waals surface area (Å²) in [5, 5.41) is 25.1. The number of nitro benzene ring substituents is 1. The third-order valence-electron chi connectivity index (χ3n) is 3.78. The molecule has 25 heavy (non-hydrogen) atoms. The molecule has 0 aliphatic carbocycles. The van der Waals surface area contributed by atoms with Gasteiger partial charge in [-0.3, -0.25) is 10.1 Å². The third kappa shape index (κ3) is 2.56. The van der Waals surface area contributed by atoms with E-state index in [-0.39, 0.29) is 24.7 Å². The summed E-state index contributed by atoms with van der Waals surface area (Å²) in [5.74, 6) is 1.08. The average molecular weight is 340 g/mol. The number of aliphatic hydroxyl groups is 1. The van der Waals surface area contributed by atoms with Gasteiger partial charge in [-0.2, -0.15) is 5.10 Å². The molecule has 1 aliphatic heterocycles. The molecule has 0 saturated heterocycles. The lowest BCUT2D eigenvalue weighted by Gasteiger charge is -2.02. The molecule has 0 unspecified atom stereocenters. The topological polar surface area (TPSA) is 112 Å². The molecule has 2 aromatic carbocycles. The van der Waals surface area contributed by atoms with E-state index in [9.17, 15) is 15.2 Å². The van der Waals surface area contributed by atoms with Gasteiger partial charge >= 0.3 is 0 Å². The number of imidazole rings is 1. The fourth-order valence-electron chi connectivity index (χ4n) is 2.62. The molecule has 3 aromatic rings. The highest BCUT2D eigenvalue weighted by molar-refractivity contribution is 5.87. The molecule has 0 radical (unpaired) electrons. The lowest BCUT2D eigenvalue weighted by Crippen LogP contribution is -2.00. The number of para-hydroxylation sites is 2. The van der Waals surface area contributed by atoms with E-state index in [0.717, 1.165) is 0 Å². The van der Waals surface area contributed by atoms with E-state index in [1.165, 1.54) is 23.0 Å². The number of ether oxygens (including phenoxy) is 2. The van der Waals surface area contributed by atoms with Gasteiger partial charge in [0.05, 0.1) is 33.8 Å². The Kier molecular flexibility index (Phi) is 3.55. The van der Waals surface area contributed by atoms with Gasteiger partial charge in [0.2, 0.25) is 6.79 Å². The zero-order valence-electron chi connectivity index (χ0n) is 12.8. The molecule has 0 bridgehead atoms. The minimum absolute atomic E-state index is 0.0217. The van der Waals surface area contributed by atoms with Gasteiger partial charge in [-0.05, 0) is 18.2 Å². The summed E-state index contributed by atoms with van der Waals surface area (Å²) in [6.45, 7) is -0.289. The van der Waals surface area contributed by atoms with E-state index in [4.69, 9.17) is 9.47 Å². The molecular weight excluding hydrogens is 328 g/mol. The van der Waals surface area contributed by atoms with E-state index in [1.807, 2.05) is 12.1 Å². The summed E-state index contributed by atoms with van der Waals surface area (Å²) < 4.78 is 11.9. The van der Waals surface area contributed by atoms with E-state index in [1.54, 1.807) is 12.1 Å². The van der Waals surface area contributed by atoms with Crippen molar-refractivity contribution >= 4 is 22.9 Å². The first kappa shape index (κ1) is 15.1. The predicted molar refractivity (Wildman–Crippen MR) is 87.9 cm³/mol. The molecule has 0 fully saturated rings. The molecule has 1 N–H and O–H groups in total. The van der Waals surface area contributed by atoms with E-state index in [0.29, 0.717) is 28.4 Å². The Morgan fingerprint density at radius 2 is 2.08 bits per heavy atom. The zero-order chi connectivity index (χ0) is 17.4. The molecule has 9 heteroatoms. The van der Waals surface area contributed by atoms with Crippen molar-refractivity contribution < 1.29 is 19.5 Å². The largest absolute Gasteiger partial charge is 0.454 e. The van der Waals surface area contributed by atoms with Crippen molar-refractivity contribution in [3.63, 3.8) is 0 Å². The molecule has 0 amide bonds. The van der Waals surface area contributed by atoms with Crippen molar-refractivity contribution in [2.75, 3.05) is 6.79 Å². The molecule has 1 aliphatic rings. The number of benzene rings is 2. The van der Waals surface area contributed by atoms with Crippen molar-refractivity contribution in [1.29, 1.82) is 0 Å². The van der Waals surface area contributed by atoms with Crippen LogP contribution in [0.5, 0.6) is 11.5 Å². The van der Waals surface area contributed by atoms with Crippen LogP contribution in [-0.2, 0) is 6.61 Å². The Labute approximate surface area is 140 Å². The van der Waals surface area contributed by atoms with Crippen LogP contribution in [-0.4, -0.2) is 32.7 Å². The van der Waals surface area contributed by atoms with E-state index < -0.39 is 4.92 Å². The smallest absolute Gasteiger partial charge is 0.282 e. The maximum atomic E-state index is 11.3. The highest BCUT2D eigenvalue weighted by Gasteiger charge is 2.22. The van der Waals surface area contributed by atoms with Crippen LogP contribution in [0.4, 0.5) is 5.69 Å². The zero-order valence-corrected chi connectivity index (χ0v) is 12.8. The first-order valence-electron chi connectivity index (χ1n) is 7.37. The van der Waals surface area contributed by atoms with Gasteiger partial charge < -0.3 is 14.6 Å². The van der Waals surface area contributed by atoms with Gasteiger partial charge in [0, 0.05) is 0 Å². The SMILES string of the molecule is O=[N+]([O-])c1cc2c(cc1C=Nn1c(CO)nc3ccccc31)OCO2. The summed E-state index contributed by atoms with van der Waals surface area (Å²) in [5.41, 5.74) is 1.47. The van der Waals surface area contributed by atoms with Gasteiger partial charge in [-0.25, -0.2) is 9.66 Å². The normalized spacial score (nSPS) is 13.0. The molecular formula is C16H12N4O5. The summed E-state index contributed by atoms with van der Waals surface area (Å²) in [6, 6.07) is 10.0. The van der Waals surface area contributed by atoms with Crippen molar-refractivity contribution in [3.05, 3.63) is 57.9 Å². The quantitative estimate of drug-likeness (QED) is 0.442. The number of aliphatic hydroxyl groups excluding tert-OH is 1. The molecule has 0 saturated carbocycles. The van der Waals surface area contributed by atoms with Gasteiger partial charge in [-0.15, -0.1) is 0 Å². The standard InChI is InChI=1S/C16H12N4O5/c21-8-16-18-11-3-1-2-4-12(11)19(16)17-7-10-5-14-15(25-9-24-14)6-13(10)20(22)23/h1-7,21H,8-9H2. The lowest BCUT2D eigenvalue weighted by atomic mass is 10.1. The van der Waals surface area contributed by atoms with Crippen LogP contribution >= 0.6 is 0 Å². The number of rotatable bonds is 4. The van der Waals surface area contributed by atoms with Gasteiger partial charge in [0.1, 0.15) is 6.61 Å². The van der Waals surface area contributed by atoms with Crippen LogP contribution in [0, 0.1) is 10.1 Å². The first-order chi connectivity index (χ1) is 12.2. The minimum atomic E-state index is -0.512. The predicted octanol–water partition coefficient (Wildman–Crippen LogP) is 2.05. The fraction of sp³-hybridized carbons (Fsp3) is 0.125. The van der Waals surface area contributed by atoms with Crippen molar-refractivity contribution in [2.24, 2.45) is 5.10 Å². The molecule has 2 heterocycles. The molecule has 9 nitrogen and oxygen atoms in total. The average Bonchev–Trinajstić information content (AvgIpc) is 3.22. The fourth-order valence-corrected chi connectivity index (χ4v) is 2.62. The van der Waals surface area contributed by atoms with Crippen molar-refractivity contribution in [1.82, 2.24) is 9.66 Å². The molecule has 1 aromatic heterocycles. The molecule has 126 valence electrons. The summed E-state index contributed by atoms with van der Waals surface area (Å²) in [6.07, 6.45) is 1.34. The summed E-state index contributed by atoms with van der Waals surface area (Å²) >= 11 is 0. The number of fused-ring (bicyclic) bond motifs is 2. The van der Waals surface area contributed by atoms with Crippen LogP contribution < -0.4 is 9.47 Å². The van der Waals surface area contributed by atoms with E-state index >= 15 is 0 Å². The Morgan fingerprint density at radius 1 is 1.32 bits per heavy atom. The minimum Gasteiger partial charge on any atom is -0.454 e. The lowest BCUT2D eigenvalue weighted by molar-refractivity contribution is -0.385. The highest BCUT2D eigenvalue weighted by atomic mass is 16.7. The second kappa shape index (κ2) is 5.87. The summed E-state index contributed by atoms with van der Waals surface area (Å²) in [4.78, 5) is 15.1. The number of aromatic nitrogens is 2. The Balaban J connectivity index is 1.82. The number of nitro groups is 1. The molecule has 0 spiro atoms. The van der Waals surface area contributed by atoms with Crippen LogP contribution in [0.2, 0.25) is 0 Å². The highest BCUT2D eigenvalue weighted by Crippen LogP contribution is 2.37. The van der Waals surface area contributed by atoms with Gasteiger partial charge in [0.25, 0.3) is 5.69 Å². The summed E-state index contributed by atoms with van der Waals surface area (Å²) in [7, 11) is 0. The van der Waals surface area contributed by atoms with E-state index in [2.05, 4.69) is 10.1 Å². The van der Waals surface area contributed by atoms with Crippen LogP contribution in [0.1, 0.15) is 11.4 Å². The second-order valence-electron chi connectivity index (χ2n) is 5.25. The molecule has 4 rings (SSSR count). The third-order valence-corrected chi connectivity index (χ3v) is 3.78. The van der Waals surface area contributed by atoms with Gasteiger partial charge in [0.15, 0.2) is 17.3 Å². The monoisotopic (exact) mass is 340 g/mol. The van der Waals surface area contributed by atoms with Crippen LogP contribution in [0.3, 0.4) is 0 Å². The second-order valence-corrected chi connectivity index (χ2v) is 5.25. The maximum Gasteiger partial charge on any atom is 0.282 e. The van der Waals surface area contributed by atoms with Crippen LogP contribution in [0.25, 0.3) is 11.0 Å². The maximum absolute atomic E-state index is 11.3. The van der Waals surface area contributed by atoms with Crippen LogP contribution in [0.15, 0.2) is 41.5 Å². The van der Waals surface area contributed by atoms with Crippen molar-refractivity contribution in [2.45, 2.75) is 6.61 Å². The Bertz CT molecular complexity index is 1010. The number of hydrogen-bond acceptors (Lipinski definition) is 7. The Hall–Kier alpha value is -3.46. The number of nitrogens with zero attached hydrogens (tertiary/aromatic N) is 4. The number of hydrogen-bond donors (Lipinski definition) is 1.